The highest BCUT2D eigenvalue weighted by atomic mass is 16.5. The Morgan fingerprint density at radius 3 is 2.16 bits per heavy atom. The summed E-state index contributed by atoms with van der Waals surface area (Å²) < 4.78 is 23.1. The highest BCUT2D eigenvalue weighted by Gasteiger charge is 2.43. The van der Waals surface area contributed by atoms with E-state index < -0.39 is 5.41 Å². The Morgan fingerprint density at radius 2 is 1.59 bits per heavy atom. The van der Waals surface area contributed by atoms with Crippen molar-refractivity contribution in [2.24, 2.45) is 11.3 Å². The van der Waals surface area contributed by atoms with Gasteiger partial charge in [-0.25, -0.2) is 0 Å². The first-order valence-corrected chi connectivity index (χ1v) is 16.3. The molecule has 242 valence electrons. The fourth-order valence-corrected chi connectivity index (χ4v) is 6.86. The van der Waals surface area contributed by atoms with Crippen molar-refractivity contribution >= 4 is 11.9 Å². The predicted octanol–water partition coefficient (Wildman–Crippen LogP) is 7.49. The number of methoxy groups -OCH3 is 1. The second kappa shape index (κ2) is 14.4. The van der Waals surface area contributed by atoms with Crippen molar-refractivity contribution in [2.75, 3.05) is 26.9 Å². The summed E-state index contributed by atoms with van der Waals surface area (Å²) in [6.45, 7) is 14.5. The van der Waals surface area contributed by atoms with Gasteiger partial charge in [-0.05, 0) is 101 Å². The first-order valence-electron chi connectivity index (χ1n) is 16.3. The van der Waals surface area contributed by atoms with Crippen molar-refractivity contribution in [3.8, 4) is 11.5 Å². The third-order valence-corrected chi connectivity index (χ3v) is 9.22. The molecule has 1 aliphatic carbocycles. The monoisotopic (exact) mass is 607 g/mol. The lowest BCUT2D eigenvalue weighted by Gasteiger charge is -2.46. The summed E-state index contributed by atoms with van der Waals surface area (Å²) in [5.41, 5.74) is 1.51. The summed E-state index contributed by atoms with van der Waals surface area (Å²) in [5.74, 6) is 1.72. The maximum Gasteiger partial charge on any atom is 0.308 e. The van der Waals surface area contributed by atoms with Crippen molar-refractivity contribution < 1.29 is 28.5 Å². The number of rotatable bonds is 11. The molecule has 1 atom stereocenters. The zero-order valence-electron chi connectivity index (χ0n) is 27.9. The van der Waals surface area contributed by atoms with Gasteiger partial charge in [0.2, 0.25) is 5.91 Å². The molecule has 0 spiro atoms. The first-order chi connectivity index (χ1) is 20.8. The average molecular weight is 608 g/mol. The molecule has 4 rings (SSSR count). The van der Waals surface area contributed by atoms with E-state index in [1.54, 1.807) is 7.11 Å². The van der Waals surface area contributed by atoms with Gasteiger partial charge in [0, 0.05) is 30.5 Å². The molecule has 7 heteroatoms. The van der Waals surface area contributed by atoms with Crippen molar-refractivity contribution in [3.63, 3.8) is 0 Å². The van der Waals surface area contributed by atoms with E-state index in [0.717, 1.165) is 62.0 Å². The SMILES string of the molecule is CCOC(=O)C1CCC(Oc2ccc(CN(CCC3(c4ccc(OC)cc4)CCOC(C)(C)C3)C(=O)C(C)(C)C)cc2)CC1. The summed E-state index contributed by atoms with van der Waals surface area (Å²) in [5, 5.41) is 0. The number of amides is 1. The molecular formula is C37H53NO6. The first kappa shape index (κ1) is 33.8. The molecule has 0 bridgehead atoms. The summed E-state index contributed by atoms with van der Waals surface area (Å²) >= 11 is 0. The number of carbonyl (C=O) groups excluding carboxylic acids is 2. The highest BCUT2D eigenvalue weighted by molar-refractivity contribution is 5.81. The molecule has 2 aromatic rings. The Bertz CT molecular complexity index is 1220. The normalized spacial score (nSPS) is 23.4. The van der Waals surface area contributed by atoms with E-state index in [2.05, 4.69) is 38.1 Å². The number of nitrogens with zero attached hydrogens (tertiary/aromatic N) is 1. The molecule has 2 fully saturated rings. The zero-order chi connectivity index (χ0) is 32.0. The number of hydrogen-bond donors (Lipinski definition) is 0. The molecule has 44 heavy (non-hydrogen) atoms. The van der Waals surface area contributed by atoms with Crippen molar-refractivity contribution in [1.82, 2.24) is 4.90 Å². The molecule has 0 radical (unpaired) electrons. The summed E-state index contributed by atoms with van der Waals surface area (Å²) in [6.07, 6.45) is 6.03. The number of hydrogen-bond acceptors (Lipinski definition) is 6. The van der Waals surface area contributed by atoms with Gasteiger partial charge in [-0.3, -0.25) is 9.59 Å². The van der Waals surface area contributed by atoms with Crippen LogP contribution in [0.1, 0.15) is 97.6 Å². The van der Waals surface area contributed by atoms with Crippen LogP contribution in [0.4, 0.5) is 0 Å². The lowest BCUT2D eigenvalue weighted by molar-refractivity contribution is -0.149. The molecular weight excluding hydrogens is 554 g/mol. The van der Waals surface area contributed by atoms with Crippen LogP contribution in [0.3, 0.4) is 0 Å². The largest absolute Gasteiger partial charge is 0.497 e. The summed E-state index contributed by atoms with van der Waals surface area (Å²) in [4.78, 5) is 27.9. The van der Waals surface area contributed by atoms with Gasteiger partial charge >= 0.3 is 5.97 Å². The van der Waals surface area contributed by atoms with Gasteiger partial charge in [-0.1, -0.05) is 45.0 Å². The topological polar surface area (TPSA) is 74.3 Å². The Hall–Kier alpha value is -3.06. The van der Waals surface area contributed by atoms with Crippen LogP contribution < -0.4 is 9.47 Å². The molecule has 2 aromatic carbocycles. The molecule has 0 N–H and O–H groups in total. The van der Waals surface area contributed by atoms with Crippen LogP contribution in [0.15, 0.2) is 48.5 Å². The minimum atomic E-state index is -0.492. The Balaban J connectivity index is 1.45. The van der Waals surface area contributed by atoms with Crippen LogP contribution in [0.25, 0.3) is 0 Å². The number of ether oxygens (including phenoxy) is 4. The van der Waals surface area contributed by atoms with Gasteiger partial charge in [0.05, 0.1) is 31.3 Å². The third-order valence-electron chi connectivity index (χ3n) is 9.22. The Labute approximate surface area is 264 Å². The predicted molar refractivity (Wildman–Crippen MR) is 173 cm³/mol. The zero-order valence-corrected chi connectivity index (χ0v) is 27.9. The second-order valence-corrected chi connectivity index (χ2v) is 14.3. The van der Waals surface area contributed by atoms with E-state index in [0.29, 0.717) is 26.3 Å². The van der Waals surface area contributed by atoms with E-state index in [1.165, 1.54) is 5.56 Å². The fourth-order valence-electron chi connectivity index (χ4n) is 6.86. The standard InChI is InChI=1S/C37H53NO6/c1-8-42-33(39)28-11-17-32(18-12-28)44-31-15-9-27(10-16-31)25-38(34(40)35(2,3)4)23-21-37(22-24-43-36(5,6)26-37)29-13-19-30(41-7)20-14-29/h9-10,13-16,19-20,28,32H,8,11-12,17-18,21-26H2,1-7H3. The average Bonchev–Trinajstić information content (AvgIpc) is 2.99. The van der Waals surface area contributed by atoms with Crippen molar-refractivity contribution in [3.05, 3.63) is 59.7 Å². The molecule has 1 amide bonds. The van der Waals surface area contributed by atoms with E-state index in [-0.39, 0.29) is 34.9 Å². The van der Waals surface area contributed by atoms with E-state index in [1.807, 2.05) is 56.9 Å². The van der Waals surface area contributed by atoms with Crippen LogP contribution >= 0.6 is 0 Å². The van der Waals surface area contributed by atoms with Crippen LogP contribution in [0.2, 0.25) is 0 Å². The molecule has 7 nitrogen and oxygen atoms in total. The summed E-state index contributed by atoms with van der Waals surface area (Å²) in [7, 11) is 1.69. The molecule has 0 aromatic heterocycles. The van der Waals surface area contributed by atoms with Gasteiger partial charge in [-0.15, -0.1) is 0 Å². The third kappa shape index (κ3) is 8.77. The minimum absolute atomic E-state index is 0.0143. The molecule has 1 unspecified atom stereocenters. The Kier molecular flexibility index (Phi) is 11.0. The van der Waals surface area contributed by atoms with Crippen LogP contribution in [0, 0.1) is 11.3 Å². The van der Waals surface area contributed by atoms with Gasteiger partial charge in [0.15, 0.2) is 0 Å². The van der Waals surface area contributed by atoms with Crippen molar-refractivity contribution in [1.29, 1.82) is 0 Å². The second-order valence-electron chi connectivity index (χ2n) is 14.3. The molecule has 2 aliphatic rings. The van der Waals surface area contributed by atoms with Gasteiger partial charge in [0.1, 0.15) is 11.5 Å². The van der Waals surface area contributed by atoms with E-state index >= 15 is 0 Å². The maximum absolute atomic E-state index is 13.8. The van der Waals surface area contributed by atoms with Gasteiger partial charge < -0.3 is 23.8 Å². The fraction of sp³-hybridized carbons (Fsp3) is 0.622. The van der Waals surface area contributed by atoms with E-state index in [4.69, 9.17) is 18.9 Å². The maximum atomic E-state index is 13.8. The quantitative estimate of drug-likeness (QED) is 0.247. The molecule has 1 saturated carbocycles. The number of esters is 1. The van der Waals surface area contributed by atoms with Crippen LogP contribution in [-0.2, 0) is 31.0 Å². The minimum Gasteiger partial charge on any atom is -0.497 e. The molecule has 1 saturated heterocycles. The number of benzene rings is 2. The highest BCUT2D eigenvalue weighted by Crippen LogP contribution is 2.45. The van der Waals surface area contributed by atoms with Gasteiger partial charge in [-0.2, -0.15) is 0 Å². The molecule has 1 heterocycles. The van der Waals surface area contributed by atoms with Crippen molar-refractivity contribution in [2.45, 2.75) is 110 Å². The van der Waals surface area contributed by atoms with Gasteiger partial charge in [0.25, 0.3) is 0 Å². The lowest BCUT2D eigenvalue weighted by atomic mass is 9.67. The van der Waals surface area contributed by atoms with E-state index in [9.17, 15) is 9.59 Å². The lowest BCUT2D eigenvalue weighted by Crippen LogP contribution is -2.47. The number of carbonyl (C=O) groups is 2. The Morgan fingerprint density at radius 1 is 0.955 bits per heavy atom. The smallest absolute Gasteiger partial charge is 0.308 e. The van der Waals surface area contributed by atoms with Crippen LogP contribution in [-0.4, -0.2) is 55.3 Å². The van der Waals surface area contributed by atoms with Crippen LogP contribution in [0.5, 0.6) is 11.5 Å². The summed E-state index contributed by atoms with van der Waals surface area (Å²) in [6, 6.07) is 16.6. The molecule has 1 aliphatic heterocycles.